The normalized spacial score (nSPS) is 9.40. The average Bonchev–Trinajstić information content (AvgIpc) is 1.95. The minimum atomic E-state index is -1.08. The van der Waals surface area contributed by atoms with Gasteiger partial charge in [0.15, 0.2) is 5.82 Å². The van der Waals surface area contributed by atoms with E-state index in [9.17, 15) is 8.78 Å². The summed E-state index contributed by atoms with van der Waals surface area (Å²) in [4.78, 5) is 3.14. The summed E-state index contributed by atoms with van der Waals surface area (Å²) in [6.45, 7) is 3.37. The molecule has 1 nitrogen and oxygen atoms in total. The van der Waals surface area contributed by atoms with Crippen LogP contribution in [0.3, 0.4) is 0 Å². The van der Waals surface area contributed by atoms with Gasteiger partial charge < -0.3 is 0 Å². The molecule has 0 N–H and O–H groups in total. The zero-order valence-electron chi connectivity index (χ0n) is 5.14. The number of hydrogen-bond donors (Lipinski definition) is 0. The van der Waals surface area contributed by atoms with Gasteiger partial charge in [-0.25, -0.2) is 9.37 Å². The van der Waals surface area contributed by atoms with Crippen LogP contribution in [-0.4, -0.2) is 4.98 Å². The standard InChI is InChI=1S/C7H5F2N/c1-2-5-3-6(8)7(9)10-4-5/h2-4H,1H2. The molecule has 52 valence electrons. The molecule has 0 aliphatic rings. The van der Waals surface area contributed by atoms with E-state index in [1.807, 2.05) is 0 Å². The molecular weight excluding hydrogens is 136 g/mol. The van der Waals surface area contributed by atoms with E-state index < -0.39 is 11.8 Å². The molecule has 0 fully saturated rings. The highest BCUT2D eigenvalue weighted by molar-refractivity contribution is 5.44. The Hall–Kier alpha value is -1.25. The van der Waals surface area contributed by atoms with Gasteiger partial charge in [0.2, 0.25) is 5.95 Å². The van der Waals surface area contributed by atoms with E-state index in [4.69, 9.17) is 0 Å². The topological polar surface area (TPSA) is 12.9 Å². The predicted octanol–water partition coefficient (Wildman–Crippen LogP) is 2.00. The van der Waals surface area contributed by atoms with Crippen LogP contribution in [0.5, 0.6) is 0 Å². The molecule has 0 saturated heterocycles. The monoisotopic (exact) mass is 141 g/mol. The van der Waals surface area contributed by atoms with E-state index in [2.05, 4.69) is 11.6 Å². The first-order chi connectivity index (χ1) is 4.74. The van der Waals surface area contributed by atoms with Crippen LogP contribution in [0.4, 0.5) is 8.78 Å². The Morgan fingerprint density at radius 3 is 2.70 bits per heavy atom. The Labute approximate surface area is 57.0 Å². The summed E-state index contributed by atoms with van der Waals surface area (Å²) < 4.78 is 24.4. The molecule has 0 unspecified atom stereocenters. The van der Waals surface area contributed by atoms with Crippen LogP contribution in [0.2, 0.25) is 0 Å². The number of halogens is 2. The second-order valence-corrected chi connectivity index (χ2v) is 1.75. The molecule has 0 aliphatic carbocycles. The van der Waals surface area contributed by atoms with Crippen molar-refractivity contribution in [2.45, 2.75) is 0 Å². The highest BCUT2D eigenvalue weighted by Gasteiger charge is 2.00. The molecule has 0 saturated carbocycles. The Bertz CT molecular complexity index is 258. The summed E-state index contributed by atoms with van der Waals surface area (Å²) in [5.41, 5.74) is 0.471. The average molecular weight is 141 g/mol. The fourth-order valence-electron chi connectivity index (χ4n) is 0.548. The van der Waals surface area contributed by atoms with Gasteiger partial charge in [-0.05, 0) is 11.6 Å². The lowest BCUT2D eigenvalue weighted by atomic mass is 10.3. The summed E-state index contributed by atoms with van der Waals surface area (Å²) in [5.74, 6) is -2.02. The number of nitrogens with zero attached hydrogens (tertiary/aromatic N) is 1. The molecule has 0 amide bonds. The molecular formula is C7H5F2N. The second-order valence-electron chi connectivity index (χ2n) is 1.75. The van der Waals surface area contributed by atoms with Crippen LogP contribution in [0.15, 0.2) is 18.8 Å². The van der Waals surface area contributed by atoms with E-state index in [-0.39, 0.29) is 0 Å². The molecule has 0 atom stereocenters. The Morgan fingerprint density at radius 2 is 2.20 bits per heavy atom. The summed E-state index contributed by atoms with van der Waals surface area (Å²) in [7, 11) is 0. The Kier molecular flexibility index (Phi) is 1.76. The molecule has 0 aliphatic heterocycles. The third-order valence-corrected chi connectivity index (χ3v) is 1.05. The summed E-state index contributed by atoms with van der Waals surface area (Å²) in [6, 6.07) is 1.04. The van der Waals surface area contributed by atoms with E-state index in [0.29, 0.717) is 5.56 Å². The zero-order valence-corrected chi connectivity index (χ0v) is 5.14. The van der Waals surface area contributed by atoms with Gasteiger partial charge in [0.1, 0.15) is 0 Å². The first kappa shape index (κ1) is 6.86. The second kappa shape index (κ2) is 2.56. The van der Waals surface area contributed by atoms with E-state index in [0.717, 1.165) is 6.07 Å². The predicted molar refractivity (Wildman–Crippen MR) is 34.2 cm³/mol. The van der Waals surface area contributed by atoms with Gasteiger partial charge in [0.05, 0.1) is 0 Å². The third kappa shape index (κ3) is 1.18. The highest BCUT2D eigenvalue weighted by atomic mass is 19.2. The van der Waals surface area contributed by atoms with Crippen molar-refractivity contribution in [2.75, 3.05) is 0 Å². The molecule has 3 heteroatoms. The molecule has 0 bridgehead atoms. The highest BCUT2D eigenvalue weighted by Crippen LogP contribution is 2.05. The van der Waals surface area contributed by atoms with Crippen molar-refractivity contribution in [1.82, 2.24) is 4.98 Å². The quantitative estimate of drug-likeness (QED) is 0.545. The van der Waals surface area contributed by atoms with E-state index in [1.165, 1.54) is 12.3 Å². The minimum Gasteiger partial charge on any atom is -0.225 e. The molecule has 10 heavy (non-hydrogen) atoms. The van der Waals surface area contributed by atoms with Crippen molar-refractivity contribution >= 4 is 6.08 Å². The number of hydrogen-bond acceptors (Lipinski definition) is 1. The Balaban J connectivity index is 3.16. The molecule has 1 rings (SSSR count). The maximum atomic E-state index is 12.3. The summed E-state index contributed by atoms with van der Waals surface area (Å²) >= 11 is 0. The van der Waals surface area contributed by atoms with E-state index in [1.54, 1.807) is 0 Å². The zero-order chi connectivity index (χ0) is 7.56. The lowest BCUT2D eigenvalue weighted by Gasteiger charge is -1.91. The summed E-state index contributed by atoms with van der Waals surface area (Å²) in [6.07, 6.45) is 2.61. The first-order valence-electron chi connectivity index (χ1n) is 2.67. The van der Waals surface area contributed by atoms with Crippen LogP contribution >= 0.6 is 0 Å². The largest absolute Gasteiger partial charge is 0.248 e. The van der Waals surface area contributed by atoms with Gasteiger partial charge in [-0.15, -0.1) is 0 Å². The van der Waals surface area contributed by atoms with Gasteiger partial charge in [-0.2, -0.15) is 4.39 Å². The first-order valence-corrected chi connectivity index (χ1v) is 2.67. The van der Waals surface area contributed by atoms with Crippen molar-refractivity contribution in [3.8, 4) is 0 Å². The maximum absolute atomic E-state index is 12.3. The van der Waals surface area contributed by atoms with Gasteiger partial charge in [-0.3, -0.25) is 0 Å². The number of pyridine rings is 1. The minimum absolute atomic E-state index is 0.471. The maximum Gasteiger partial charge on any atom is 0.248 e. The van der Waals surface area contributed by atoms with Crippen molar-refractivity contribution < 1.29 is 8.78 Å². The lowest BCUT2D eigenvalue weighted by Crippen LogP contribution is -1.88. The van der Waals surface area contributed by atoms with Crippen molar-refractivity contribution in [1.29, 1.82) is 0 Å². The van der Waals surface area contributed by atoms with Crippen molar-refractivity contribution in [3.05, 3.63) is 36.2 Å². The van der Waals surface area contributed by atoms with Crippen LogP contribution in [0, 0.1) is 11.8 Å². The SMILES string of the molecule is C=Cc1cnc(F)c(F)c1. The molecule has 0 spiro atoms. The van der Waals surface area contributed by atoms with E-state index >= 15 is 0 Å². The third-order valence-electron chi connectivity index (χ3n) is 1.05. The van der Waals surface area contributed by atoms with Gasteiger partial charge >= 0.3 is 0 Å². The number of rotatable bonds is 1. The molecule has 1 heterocycles. The molecule has 1 aromatic rings. The summed E-state index contributed by atoms with van der Waals surface area (Å²) in [5, 5.41) is 0. The molecule has 1 aromatic heterocycles. The van der Waals surface area contributed by atoms with Gasteiger partial charge in [0, 0.05) is 6.20 Å². The van der Waals surface area contributed by atoms with Gasteiger partial charge in [-0.1, -0.05) is 12.7 Å². The molecule has 0 aromatic carbocycles. The van der Waals surface area contributed by atoms with Crippen LogP contribution in [0.1, 0.15) is 5.56 Å². The van der Waals surface area contributed by atoms with Crippen LogP contribution < -0.4 is 0 Å². The number of aromatic nitrogens is 1. The van der Waals surface area contributed by atoms with Crippen LogP contribution in [-0.2, 0) is 0 Å². The Morgan fingerprint density at radius 1 is 1.50 bits per heavy atom. The smallest absolute Gasteiger partial charge is 0.225 e. The lowest BCUT2D eigenvalue weighted by molar-refractivity contribution is 0.479. The van der Waals surface area contributed by atoms with Gasteiger partial charge in [0.25, 0.3) is 0 Å². The van der Waals surface area contributed by atoms with Crippen molar-refractivity contribution in [3.63, 3.8) is 0 Å². The fraction of sp³-hybridized carbons (Fsp3) is 0. The van der Waals surface area contributed by atoms with Crippen molar-refractivity contribution in [2.24, 2.45) is 0 Å². The van der Waals surface area contributed by atoms with Crippen LogP contribution in [0.25, 0.3) is 6.08 Å². The fourth-order valence-corrected chi connectivity index (χ4v) is 0.548. The molecule has 0 radical (unpaired) electrons.